The molecular weight excluding hydrogens is 615 g/mol. The molecule has 0 bridgehead atoms. The topological polar surface area (TPSA) is 97.0 Å². The summed E-state index contributed by atoms with van der Waals surface area (Å²) in [4.78, 5) is 14.5. The van der Waals surface area contributed by atoms with Crippen LogP contribution in [0, 0.1) is 11.8 Å². The number of sulfone groups is 1. The summed E-state index contributed by atoms with van der Waals surface area (Å²) in [7, 11) is -2.01. The molecule has 1 aliphatic rings. The quantitative estimate of drug-likeness (QED) is 0.275. The third-order valence-electron chi connectivity index (χ3n) is 6.87. The molecule has 1 amide bonds. The van der Waals surface area contributed by atoms with Crippen molar-refractivity contribution in [1.82, 2.24) is 4.90 Å². The summed E-state index contributed by atoms with van der Waals surface area (Å²) in [5.74, 6) is 6.13. The van der Waals surface area contributed by atoms with Crippen LogP contribution in [0.15, 0.2) is 41.3 Å². The van der Waals surface area contributed by atoms with E-state index in [0.717, 1.165) is 11.9 Å². The molecule has 44 heavy (non-hydrogen) atoms. The van der Waals surface area contributed by atoms with Crippen molar-refractivity contribution in [2.24, 2.45) is 0 Å². The summed E-state index contributed by atoms with van der Waals surface area (Å²) < 4.78 is 76.1. The molecule has 0 saturated carbocycles. The molecular formula is C31H36F3N3O5S2. The van der Waals surface area contributed by atoms with Gasteiger partial charge in [0.1, 0.15) is 11.4 Å². The molecule has 8 nitrogen and oxygen atoms in total. The zero-order valence-electron chi connectivity index (χ0n) is 25.2. The van der Waals surface area contributed by atoms with E-state index >= 15 is 0 Å². The van der Waals surface area contributed by atoms with Crippen molar-refractivity contribution in [3.8, 4) is 17.6 Å². The Labute approximate surface area is 259 Å². The number of anilines is 2. The van der Waals surface area contributed by atoms with Gasteiger partial charge in [-0.2, -0.15) is 13.2 Å². The summed E-state index contributed by atoms with van der Waals surface area (Å²) in [6, 6.07) is 9.70. The van der Waals surface area contributed by atoms with Crippen molar-refractivity contribution >= 4 is 48.7 Å². The molecule has 1 aromatic heterocycles. The summed E-state index contributed by atoms with van der Waals surface area (Å²) >= 11 is 1.21. The van der Waals surface area contributed by atoms with Gasteiger partial charge in [-0.25, -0.2) is 13.2 Å². The first-order valence-corrected chi connectivity index (χ1v) is 16.7. The number of ether oxygens (including phenoxy) is 2. The molecule has 1 aliphatic heterocycles. The number of thiophene rings is 1. The van der Waals surface area contributed by atoms with Gasteiger partial charge in [-0.1, -0.05) is 24.0 Å². The summed E-state index contributed by atoms with van der Waals surface area (Å²) in [5.41, 5.74) is 0.784. The second kappa shape index (κ2) is 13.2. The Morgan fingerprint density at radius 3 is 2.43 bits per heavy atom. The lowest BCUT2D eigenvalue weighted by atomic mass is 10.0. The summed E-state index contributed by atoms with van der Waals surface area (Å²) in [6.45, 7) is 6.58. The molecule has 3 aromatic rings. The van der Waals surface area contributed by atoms with Gasteiger partial charge in [-0.3, -0.25) is 0 Å². The molecule has 0 radical (unpaired) electrons. The highest BCUT2D eigenvalue weighted by Crippen LogP contribution is 2.39. The third-order valence-corrected chi connectivity index (χ3v) is 9.18. The third kappa shape index (κ3) is 8.72. The van der Waals surface area contributed by atoms with E-state index in [1.165, 1.54) is 30.6 Å². The molecule has 0 aliphatic carbocycles. The van der Waals surface area contributed by atoms with Gasteiger partial charge in [0.25, 0.3) is 0 Å². The summed E-state index contributed by atoms with van der Waals surface area (Å²) in [6.07, 6.45) is -3.44. The van der Waals surface area contributed by atoms with Gasteiger partial charge in [0, 0.05) is 31.5 Å². The van der Waals surface area contributed by atoms with Crippen molar-refractivity contribution < 1.29 is 35.9 Å². The van der Waals surface area contributed by atoms with Gasteiger partial charge >= 0.3 is 12.3 Å². The van der Waals surface area contributed by atoms with E-state index < -0.39 is 28.0 Å². The van der Waals surface area contributed by atoms with Gasteiger partial charge < -0.3 is 25.0 Å². The Hall–Kier alpha value is -3.63. The highest BCUT2D eigenvalue weighted by Gasteiger charge is 2.32. The highest BCUT2D eigenvalue weighted by molar-refractivity contribution is 7.90. The minimum Gasteiger partial charge on any atom is -0.495 e. The van der Waals surface area contributed by atoms with Crippen molar-refractivity contribution in [1.29, 1.82) is 0 Å². The second-order valence-electron chi connectivity index (χ2n) is 11.6. The van der Waals surface area contributed by atoms with Gasteiger partial charge in [0.2, 0.25) is 0 Å². The fourth-order valence-electron chi connectivity index (χ4n) is 4.83. The molecule has 0 unspecified atom stereocenters. The molecule has 2 N–H and O–H groups in total. The number of nitrogens with one attached hydrogen (secondary N) is 2. The number of nitrogens with zero attached hydrogens (tertiary/aromatic N) is 1. The fourth-order valence-corrected chi connectivity index (χ4v) is 6.63. The smallest absolute Gasteiger partial charge is 0.410 e. The number of halogens is 3. The number of fused-ring (bicyclic) bond motifs is 1. The predicted octanol–water partition coefficient (Wildman–Crippen LogP) is 6.69. The number of methoxy groups -OCH3 is 1. The van der Waals surface area contributed by atoms with Crippen LogP contribution >= 0.6 is 11.3 Å². The van der Waals surface area contributed by atoms with Crippen LogP contribution < -0.4 is 15.4 Å². The number of benzene rings is 2. The Bertz CT molecular complexity index is 1680. The van der Waals surface area contributed by atoms with E-state index in [4.69, 9.17) is 9.47 Å². The summed E-state index contributed by atoms with van der Waals surface area (Å²) in [5, 5.41) is 7.03. The molecule has 13 heteroatoms. The molecule has 1 fully saturated rings. The van der Waals surface area contributed by atoms with E-state index in [1.54, 1.807) is 23.1 Å². The molecule has 0 spiro atoms. The molecule has 0 atom stereocenters. The van der Waals surface area contributed by atoms with Crippen LogP contribution in [0.25, 0.3) is 10.1 Å². The Kier molecular flexibility index (Phi) is 9.95. The van der Waals surface area contributed by atoms with E-state index in [9.17, 15) is 26.4 Å². The normalized spacial score (nSPS) is 14.6. The number of hydrogen-bond donors (Lipinski definition) is 2. The Morgan fingerprint density at radius 2 is 1.82 bits per heavy atom. The number of hydrogen-bond acceptors (Lipinski definition) is 8. The van der Waals surface area contributed by atoms with Crippen molar-refractivity contribution in [3.63, 3.8) is 0 Å². The van der Waals surface area contributed by atoms with Gasteiger partial charge in [0.05, 0.1) is 45.9 Å². The number of likely N-dealkylation sites (tertiary alicyclic amines) is 1. The van der Waals surface area contributed by atoms with E-state index in [0.29, 0.717) is 52.3 Å². The lowest BCUT2D eigenvalue weighted by molar-refractivity contribution is -0.126. The highest BCUT2D eigenvalue weighted by atomic mass is 32.2. The zero-order valence-corrected chi connectivity index (χ0v) is 26.9. The maximum atomic E-state index is 13.6. The van der Waals surface area contributed by atoms with Crippen LogP contribution in [0.4, 0.5) is 29.3 Å². The lowest BCUT2D eigenvalue weighted by Crippen LogP contribution is -2.44. The molecule has 2 heterocycles. The Balaban J connectivity index is 1.52. The predicted molar refractivity (Wildman–Crippen MR) is 168 cm³/mol. The average molecular weight is 652 g/mol. The van der Waals surface area contributed by atoms with E-state index in [1.807, 2.05) is 26.8 Å². The first-order valence-electron chi connectivity index (χ1n) is 14.0. The maximum absolute atomic E-state index is 13.6. The van der Waals surface area contributed by atoms with Gasteiger partial charge in [-0.05, 0) is 62.8 Å². The molecule has 1 saturated heterocycles. The maximum Gasteiger partial charge on any atom is 0.410 e. The number of amides is 1. The fraction of sp³-hybridized carbons (Fsp3) is 0.452. The first-order chi connectivity index (χ1) is 20.5. The minimum absolute atomic E-state index is 0.0373. The SMILES string of the molecule is COc1cc(S(C)(=O)=O)ccc1NCC#Cc1sc2c(NC3CCN(C(=O)OC(C)(C)C)CC3)cccc2c1CC(F)(F)F. The van der Waals surface area contributed by atoms with Crippen LogP contribution in [-0.4, -0.2) is 70.2 Å². The van der Waals surface area contributed by atoms with Gasteiger partial charge in [-0.15, -0.1) is 11.3 Å². The standard InChI is InChI=1S/C31H36F3N3O5S2/c1-30(2,3)42-29(38)37-16-13-20(14-17-37)36-25-9-6-8-22-23(19-31(32,33)34)27(43-28(22)25)10-7-15-35-24-12-11-21(44(5,39)40)18-26(24)41-4/h6,8-9,11-12,18,20,35-36H,13-17,19H2,1-5H3. The Morgan fingerprint density at radius 1 is 1.11 bits per heavy atom. The minimum atomic E-state index is -4.42. The number of carbonyl (C=O) groups is 1. The van der Waals surface area contributed by atoms with Crippen LogP contribution in [0.3, 0.4) is 0 Å². The molecule has 4 rings (SSSR count). The van der Waals surface area contributed by atoms with Crippen LogP contribution in [0.2, 0.25) is 0 Å². The van der Waals surface area contributed by atoms with Crippen molar-refractivity contribution in [2.45, 2.75) is 62.7 Å². The van der Waals surface area contributed by atoms with Crippen LogP contribution in [0.5, 0.6) is 5.75 Å². The molecule has 238 valence electrons. The van der Waals surface area contributed by atoms with E-state index in [-0.39, 0.29) is 29.1 Å². The number of piperidine rings is 1. The van der Waals surface area contributed by atoms with E-state index in [2.05, 4.69) is 22.5 Å². The van der Waals surface area contributed by atoms with Gasteiger partial charge in [0.15, 0.2) is 9.84 Å². The van der Waals surface area contributed by atoms with Crippen molar-refractivity contribution in [2.75, 3.05) is 43.6 Å². The zero-order chi connectivity index (χ0) is 32.3. The largest absolute Gasteiger partial charge is 0.495 e. The monoisotopic (exact) mass is 651 g/mol. The van der Waals surface area contributed by atoms with Crippen LogP contribution in [-0.2, 0) is 21.0 Å². The number of alkyl halides is 3. The van der Waals surface area contributed by atoms with Crippen molar-refractivity contribution in [3.05, 3.63) is 46.8 Å². The number of rotatable bonds is 7. The van der Waals surface area contributed by atoms with Crippen LogP contribution in [0.1, 0.15) is 44.1 Å². The average Bonchev–Trinajstić information content (AvgIpc) is 3.26. The second-order valence-corrected chi connectivity index (χ2v) is 14.6. The number of carbonyl (C=O) groups excluding carboxylic acids is 1. The lowest BCUT2D eigenvalue weighted by Gasteiger charge is -2.34. The first kappa shape index (κ1) is 33.3. The molecule has 2 aromatic carbocycles.